The summed E-state index contributed by atoms with van der Waals surface area (Å²) in [5, 5.41) is 1.56. The highest BCUT2D eigenvalue weighted by Gasteiger charge is 2.41. The van der Waals surface area contributed by atoms with E-state index < -0.39 is 17.9 Å². The maximum atomic E-state index is 13.7. The van der Waals surface area contributed by atoms with Crippen LogP contribution in [0.5, 0.6) is 0 Å². The summed E-state index contributed by atoms with van der Waals surface area (Å²) >= 11 is 18.3. The van der Waals surface area contributed by atoms with Crippen molar-refractivity contribution in [3.05, 3.63) is 68.7 Å². The minimum atomic E-state index is -1.04. The molecule has 0 bridgehead atoms. The number of carbonyl (C=O) groups is 4. The summed E-state index contributed by atoms with van der Waals surface area (Å²) in [5.41, 5.74) is 1.71. The Kier molecular flexibility index (Phi) is 12.7. The first-order valence-corrected chi connectivity index (χ1v) is 14.4. The third kappa shape index (κ3) is 9.60. The minimum absolute atomic E-state index is 0.123. The molecule has 1 unspecified atom stereocenters. The second kappa shape index (κ2) is 16.0. The number of esters is 1. The number of piperazine rings is 1. The Bertz CT molecular complexity index is 1230. The number of methoxy groups -OCH3 is 1. The van der Waals surface area contributed by atoms with Crippen molar-refractivity contribution in [1.82, 2.24) is 14.7 Å². The zero-order chi connectivity index (χ0) is 29.9. The summed E-state index contributed by atoms with van der Waals surface area (Å²) < 4.78 is 10.2. The van der Waals surface area contributed by atoms with Crippen LogP contribution >= 0.6 is 34.8 Å². The lowest BCUT2D eigenvalue weighted by atomic mass is 10.0. The first-order chi connectivity index (χ1) is 19.6. The molecule has 1 atom stereocenters. The Morgan fingerprint density at radius 3 is 2.37 bits per heavy atom. The summed E-state index contributed by atoms with van der Waals surface area (Å²) in [6.07, 6.45) is 0.581. The molecule has 222 valence electrons. The number of amides is 3. The average molecular weight is 627 g/mol. The maximum Gasteiger partial charge on any atom is 0.325 e. The van der Waals surface area contributed by atoms with E-state index in [0.717, 1.165) is 11.1 Å². The third-order valence-electron chi connectivity index (χ3n) is 6.75. The highest BCUT2D eigenvalue weighted by molar-refractivity contribution is 6.35. The van der Waals surface area contributed by atoms with E-state index in [1.54, 1.807) is 37.3 Å². The summed E-state index contributed by atoms with van der Waals surface area (Å²) in [6.45, 7) is 2.26. The highest BCUT2D eigenvalue weighted by atomic mass is 35.5. The summed E-state index contributed by atoms with van der Waals surface area (Å²) in [6, 6.07) is 11.3. The molecule has 9 nitrogen and oxygen atoms in total. The Morgan fingerprint density at radius 2 is 1.71 bits per heavy atom. The standard InChI is InChI=1S/C29H34Cl3N3O6/c1-3-41-28(38)19-33(12-10-20-4-7-22(30)8-5-20)26(36)17-25-29(39)34(18-27(37)35(25)14-15-40-2)13-11-21-6-9-23(31)16-24(21)32/h4-9,16,25H,3,10-15,17-19H2,1-2H3. The molecule has 0 N–H and O–H groups in total. The number of ether oxygens (including phenoxy) is 2. The zero-order valence-electron chi connectivity index (χ0n) is 23.1. The van der Waals surface area contributed by atoms with E-state index in [1.165, 1.54) is 21.8 Å². The molecule has 2 aromatic carbocycles. The van der Waals surface area contributed by atoms with Gasteiger partial charge in [0.15, 0.2) is 0 Å². The van der Waals surface area contributed by atoms with E-state index in [0.29, 0.717) is 27.9 Å². The molecule has 2 aromatic rings. The van der Waals surface area contributed by atoms with E-state index in [-0.39, 0.29) is 64.2 Å². The SMILES string of the molecule is CCOC(=O)CN(CCc1ccc(Cl)cc1)C(=O)CC1C(=O)N(CCc2ccc(Cl)cc2Cl)CC(=O)N1CCOC. The van der Waals surface area contributed by atoms with Crippen molar-refractivity contribution in [2.75, 3.05) is 53.0 Å². The van der Waals surface area contributed by atoms with E-state index in [4.69, 9.17) is 44.3 Å². The van der Waals surface area contributed by atoms with Gasteiger partial charge in [-0.05, 0) is 55.2 Å². The second-order valence-corrected chi connectivity index (χ2v) is 10.8. The molecule has 0 radical (unpaired) electrons. The Labute approximate surface area is 255 Å². The smallest absolute Gasteiger partial charge is 0.325 e. The van der Waals surface area contributed by atoms with Gasteiger partial charge in [0.1, 0.15) is 12.6 Å². The summed E-state index contributed by atoms with van der Waals surface area (Å²) in [5.74, 6) is -1.64. The van der Waals surface area contributed by atoms with Crippen molar-refractivity contribution in [1.29, 1.82) is 0 Å². The lowest BCUT2D eigenvalue weighted by Crippen LogP contribution is -2.61. The molecule has 0 spiro atoms. The molecule has 0 aromatic heterocycles. The Hall–Kier alpha value is -2.85. The lowest BCUT2D eigenvalue weighted by Gasteiger charge is -2.40. The summed E-state index contributed by atoms with van der Waals surface area (Å²) in [4.78, 5) is 56.9. The van der Waals surface area contributed by atoms with Crippen LogP contribution in [-0.2, 0) is 41.5 Å². The first kappa shape index (κ1) is 32.7. The Balaban J connectivity index is 1.77. The van der Waals surface area contributed by atoms with Crippen LogP contribution in [0.4, 0.5) is 0 Å². The number of nitrogens with zero attached hydrogens (tertiary/aromatic N) is 3. The molecular formula is C29H34Cl3N3O6. The van der Waals surface area contributed by atoms with Gasteiger partial charge < -0.3 is 24.2 Å². The maximum absolute atomic E-state index is 13.7. The topological polar surface area (TPSA) is 96.5 Å². The summed E-state index contributed by atoms with van der Waals surface area (Å²) in [7, 11) is 1.50. The van der Waals surface area contributed by atoms with Crippen LogP contribution < -0.4 is 0 Å². The van der Waals surface area contributed by atoms with Crippen molar-refractivity contribution >= 4 is 58.5 Å². The normalized spacial score (nSPS) is 15.3. The molecule has 1 saturated heterocycles. The van der Waals surface area contributed by atoms with Gasteiger partial charge in [0.05, 0.1) is 26.2 Å². The third-order valence-corrected chi connectivity index (χ3v) is 7.59. The van der Waals surface area contributed by atoms with E-state index in [1.807, 2.05) is 12.1 Å². The molecule has 3 amide bonds. The average Bonchev–Trinajstić information content (AvgIpc) is 2.93. The Morgan fingerprint density at radius 1 is 1.00 bits per heavy atom. The van der Waals surface area contributed by atoms with Crippen LogP contribution in [0.15, 0.2) is 42.5 Å². The fourth-order valence-corrected chi connectivity index (χ4v) is 5.18. The van der Waals surface area contributed by atoms with Crippen molar-refractivity contribution < 1.29 is 28.7 Å². The fourth-order valence-electron chi connectivity index (χ4n) is 4.55. The molecule has 1 fully saturated rings. The van der Waals surface area contributed by atoms with Gasteiger partial charge >= 0.3 is 5.97 Å². The predicted molar refractivity (Wildman–Crippen MR) is 157 cm³/mol. The van der Waals surface area contributed by atoms with Crippen LogP contribution in [-0.4, -0.2) is 97.5 Å². The van der Waals surface area contributed by atoms with Gasteiger partial charge in [-0.1, -0.05) is 53.0 Å². The minimum Gasteiger partial charge on any atom is -0.465 e. The number of benzene rings is 2. The van der Waals surface area contributed by atoms with E-state index in [2.05, 4.69) is 0 Å². The molecule has 0 aliphatic carbocycles. The monoisotopic (exact) mass is 625 g/mol. The van der Waals surface area contributed by atoms with Crippen molar-refractivity contribution in [3.8, 4) is 0 Å². The number of rotatable bonds is 14. The van der Waals surface area contributed by atoms with Gasteiger partial charge in [0.2, 0.25) is 17.7 Å². The number of hydrogen-bond donors (Lipinski definition) is 0. The molecule has 1 heterocycles. The van der Waals surface area contributed by atoms with Crippen LogP contribution in [0.2, 0.25) is 15.1 Å². The van der Waals surface area contributed by atoms with Gasteiger partial charge in [0, 0.05) is 41.8 Å². The van der Waals surface area contributed by atoms with Gasteiger partial charge in [0.25, 0.3) is 0 Å². The lowest BCUT2D eigenvalue weighted by molar-refractivity contribution is -0.159. The van der Waals surface area contributed by atoms with Gasteiger partial charge in [-0.15, -0.1) is 0 Å². The quantitative estimate of drug-likeness (QED) is 0.295. The molecule has 12 heteroatoms. The van der Waals surface area contributed by atoms with Gasteiger partial charge in [-0.25, -0.2) is 0 Å². The van der Waals surface area contributed by atoms with Crippen LogP contribution in [0.3, 0.4) is 0 Å². The second-order valence-electron chi connectivity index (χ2n) is 9.54. The van der Waals surface area contributed by atoms with E-state index in [9.17, 15) is 19.2 Å². The van der Waals surface area contributed by atoms with Crippen molar-refractivity contribution in [2.24, 2.45) is 0 Å². The number of hydrogen-bond acceptors (Lipinski definition) is 6. The van der Waals surface area contributed by atoms with Crippen LogP contribution in [0, 0.1) is 0 Å². The van der Waals surface area contributed by atoms with Crippen LogP contribution in [0.1, 0.15) is 24.5 Å². The molecule has 0 saturated carbocycles. The fraction of sp³-hybridized carbons (Fsp3) is 0.448. The first-order valence-electron chi connectivity index (χ1n) is 13.3. The molecule has 1 aliphatic rings. The number of carbonyl (C=O) groups excluding carboxylic acids is 4. The highest BCUT2D eigenvalue weighted by Crippen LogP contribution is 2.23. The molecule has 41 heavy (non-hydrogen) atoms. The van der Waals surface area contributed by atoms with Crippen molar-refractivity contribution in [2.45, 2.75) is 32.2 Å². The van der Waals surface area contributed by atoms with E-state index >= 15 is 0 Å². The molecule has 3 rings (SSSR count). The number of halogens is 3. The van der Waals surface area contributed by atoms with Crippen molar-refractivity contribution in [3.63, 3.8) is 0 Å². The van der Waals surface area contributed by atoms with Crippen LogP contribution in [0.25, 0.3) is 0 Å². The molecular weight excluding hydrogens is 593 g/mol. The van der Waals surface area contributed by atoms with Gasteiger partial charge in [-0.3, -0.25) is 19.2 Å². The molecule has 1 aliphatic heterocycles. The largest absolute Gasteiger partial charge is 0.465 e. The predicted octanol–water partition coefficient (Wildman–Crippen LogP) is 3.90. The zero-order valence-corrected chi connectivity index (χ0v) is 25.4. The van der Waals surface area contributed by atoms with Gasteiger partial charge in [-0.2, -0.15) is 0 Å².